The Kier molecular flexibility index (Phi) is 10.0. The van der Waals surface area contributed by atoms with Crippen LogP contribution in [0, 0.1) is 5.92 Å². The normalized spacial score (nSPS) is 18.5. The van der Waals surface area contributed by atoms with Gasteiger partial charge in [-0.2, -0.15) is 0 Å². The molecular formula is C35H38N2O8. The Labute approximate surface area is 262 Å². The molecule has 0 aliphatic carbocycles. The highest BCUT2D eigenvalue weighted by atomic mass is 16.5. The highest BCUT2D eigenvalue weighted by Crippen LogP contribution is 2.39. The third-order valence-electron chi connectivity index (χ3n) is 8.07. The minimum Gasteiger partial charge on any atom is -0.466 e. The molecule has 1 fully saturated rings. The number of hydrogen-bond donors (Lipinski definition) is 0. The van der Waals surface area contributed by atoms with Crippen LogP contribution < -0.4 is 4.74 Å². The first-order valence-electron chi connectivity index (χ1n) is 15.3. The van der Waals surface area contributed by atoms with Crippen molar-refractivity contribution in [3.63, 3.8) is 0 Å². The molecule has 1 aromatic heterocycles. The van der Waals surface area contributed by atoms with E-state index >= 15 is 0 Å². The lowest BCUT2D eigenvalue weighted by atomic mass is 9.83. The summed E-state index contributed by atoms with van der Waals surface area (Å²) >= 11 is 0. The van der Waals surface area contributed by atoms with E-state index in [1.54, 1.807) is 37.8 Å². The van der Waals surface area contributed by atoms with Gasteiger partial charge in [0.25, 0.3) is 5.91 Å². The Morgan fingerprint density at radius 3 is 2.44 bits per heavy atom. The van der Waals surface area contributed by atoms with Gasteiger partial charge >= 0.3 is 11.9 Å². The third kappa shape index (κ3) is 7.28. The summed E-state index contributed by atoms with van der Waals surface area (Å²) in [5, 5.41) is 0. The quantitative estimate of drug-likeness (QED) is 0.262. The first-order valence-corrected chi connectivity index (χ1v) is 15.3. The molecule has 3 aromatic rings. The molecule has 0 bridgehead atoms. The number of likely N-dealkylation sites (tertiary alicyclic amines) is 1. The zero-order valence-corrected chi connectivity index (χ0v) is 25.8. The molecule has 0 saturated carbocycles. The molecule has 2 unspecified atom stereocenters. The van der Waals surface area contributed by atoms with Crippen LogP contribution in [0.5, 0.6) is 11.5 Å². The molecule has 0 N–H and O–H groups in total. The molecule has 10 heteroatoms. The van der Waals surface area contributed by atoms with E-state index in [1.165, 1.54) is 4.90 Å². The predicted molar refractivity (Wildman–Crippen MR) is 164 cm³/mol. The standard InChI is InChI=1S/C35H38N2O8/c1-4-42-34(40)25-12-10-18-36(21-25)33(39)30-17-16-28(45-30)22-37-23(3)32(35(41)43-5-2)29(20-31(37)38)24-11-9-15-27(19-24)44-26-13-7-6-8-14-26/h6-9,11,13-17,19,25,29H,4-5,10,12,18,20-22H2,1-3H3. The van der Waals surface area contributed by atoms with Crippen LogP contribution >= 0.6 is 0 Å². The van der Waals surface area contributed by atoms with Crippen molar-refractivity contribution in [2.45, 2.75) is 52.5 Å². The second-order valence-electron chi connectivity index (χ2n) is 11.1. The number of hydrogen-bond acceptors (Lipinski definition) is 8. The number of benzene rings is 2. The average Bonchev–Trinajstić information content (AvgIpc) is 3.52. The van der Waals surface area contributed by atoms with E-state index in [9.17, 15) is 19.2 Å². The van der Waals surface area contributed by atoms with Gasteiger partial charge in [-0.1, -0.05) is 30.3 Å². The van der Waals surface area contributed by atoms with Crippen LogP contribution in [-0.4, -0.2) is 59.9 Å². The molecule has 45 heavy (non-hydrogen) atoms. The van der Waals surface area contributed by atoms with Crippen molar-refractivity contribution < 1.29 is 37.8 Å². The number of rotatable bonds is 10. The van der Waals surface area contributed by atoms with E-state index in [1.807, 2.05) is 54.6 Å². The SMILES string of the molecule is CCOC(=O)C1=C(C)N(Cc2ccc(C(=O)N3CCCC(C(=O)OCC)C3)o2)C(=O)CC1c1cccc(Oc2ccccc2)c1. The Bertz CT molecular complexity index is 1580. The van der Waals surface area contributed by atoms with Crippen molar-refractivity contribution in [2.24, 2.45) is 5.92 Å². The van der Waals surface area contributed by atoms with Gasteiger partial charge in [0.2, 0.25) is 5.91 Å². The number of ether oxygens (including phenoxy) is 3. The molecule has 3 heterocycles. The van der Waals surface area contributed by atoms with Gasteiger partial charge in [-0.25, -0.2) is 4.79 Å². The van der Waals surface area contributed by atoms with Crippen LogP contribution in [0.4, 0.5) is 0 Å². The highest BCUT2D eigenvalue weighted by Gasteiger charge is 2.38. The fourth-order valence-electron chi connectivity index (χ4n) is 5.88. The number of amides is 2. The maximum Gasteiger partial charge on any atom is 0.336 e. The van der Waals surface area contributed by atoms with Crippen LogP contribution in [0.25, 0.3) is 0 Å². The van der Waals surface area contributed by atoms with Crippen LogP contribution in [-0.2, 0) is 30.4 Å². The van der Waals surface area contributed by atoms with Gasteiger partial charge in [0.15, 0.2) is 5.76 Å². The average molecular weight is 615 g/mol. The number of piperidine rings is 1. The van der Waals surface area contributed by atoms with Crippen LogP contribution in [0.2, 0.25) is 0 Å². The molecule has 2 amide bonds. The molecular weight excluding hydrogens is 576 g/mol. The molecule has 1 saturated heterocycles. The summed E-state index contributed by atoms with van der Waals surface area (Å²) < 4.78 is 22.5. The van der Waals surface area contributed by atoms with E-state index in [0.29, 0.717) is 54.5 Å². The number of furan rings is 1. The van der Waals surface area contributed by atoms with Crippen LogP contribution in [0.1, 0.15) is 67.8 Å². The van der Waals surface area contributed by atoms with Crippen molar-refractivity contribution >= 4 is 23.8 Å². The van der Waals surface area contributed by atoms with Crippen LogP contribution in [0.15, 0.2) is 82.4 Å². The zero-order chi connectivity index (χ0) is 31.9. The summed E-state index contributed by atoms with van der Waals surface area (Å²) in [6.07, 6.45) is 1.40. The van der Waals surface area contributed by atoms with E-state index in [4.69, 9.17) is 18.6 Å². The third-order valence-corrected chi connectivity index (χ3v) is 8.07. The monoisotopic (exact) mass is 614 g/mol. The van der Waals surface area contributed by atoms with Gasteiger partial charge in [0.05, 0.1) is 31.2 Å². The van der Waals surface area contributed by atoms with E-state index in [-0.39, 0.29) is 55.6 Å². The molecule has 10 nitrogen and oxygen atoms in total. The van der Waals surface area contributed by atoms with Crippen molar-refractivity contribution in [1.29, 1.82) is 0 Å². The fourth-order valence-corrected chi connectivity index (χ4v) is 5.88. The maximum atomic E-state index is 13.6. The maximum absolute atomic E-state index is 13.6. The number of carbonyl (C=O) groups is 4. The number of carbonyl (C=O) groups excluding carboxylic acids is 4. The van der Waals surface area contributed by atoms with Gasteiger partial charge in [-0.15, -0.1) is 0 Å². The number of esters is 2. The van der Waals surface area contributed by atoms with Crippen molar-refractivity contribution in [3.8, 4) is 11.5 Å². The molecule has 2 aromatic carbocycles. The summed E-state index contributed by atoms with van der Waals surface area (Å²) in [7, 11) is 0. The highest BCUT2D eigenvalue weighted by molar-refractivity contribution is 5.96. The van der Waals surface area contributed by atoms with Gasteiger partial charge in [-0.05, 0) is 75.6 Å². The Morgan fingerprint density at radius 2 is 1.69 bits per heavy atom. The first-order chi connectivity index (χ1) is 21.8. The van der Waals surface area contributed by atoms with E-state index in [0.717, 1.165) is 5.56 Å². The predicted octanol–water partition coefficient (Wildman–Crippen LogP) is 5.84. The molecule has 2 atom stereocenters. The Morgan fingerprint density at radius 1 is 0.933 bits per heavy atom. The number of nitrogens with zero attached hydrogens (tertiary/aromatic N) is 2. The lowest BCUT2D eigenvalue weighted by Crippen LogP contribution is -2.42. The first kappa shape index (κ1) is 31.6. The number of allylic oxidation sites excluding steroid dienone is 1. The summed E-state index contributed by atoms with van der Waals surface area (Å²) in [4.78, 5) is 55.5. The molecule has 0 radical (unpaired) electrons. The topological polar surface area (TPSA) is 116 Å². The van der Waals surface area contributed by atoms with Crippen molar-refractivity contribution in [3.05, 3.63) is 95.1 Å². The Balaban J connectivity index is 1.35. The van der Waals surface area contributed by atoms with Crippen molar-refractivity contribution in [1.82, 2.24) is 9.80 Å². The number of para-hydroxylation sites is 1. The summed E-state index contributed by atoms with van der Waals surface area (Å²) in [6.45, 7) is 6.51. The molecule has 2 aliphatic heterocycles. The largest absolute Gasteiger partial charge is 0.466 e. The smallest absolute Gasteiger partial charge is 0.336 e. The van der Waals surface area contributed by atoms with Gasteiger partial charge in [0, 0.05) is 31.1 Å². The molecule has 0 spiro atoms. The molecule has 236 valence electrons. The van der Waals surface area contributed by atoms with E-state index in [2.05, 4.69) is 0 Å². The van der Waals surface area contributed by atoms with Gasteiger partial charge in [0.1, 0.15) is 17.3 Å². The molecule has 2 aliphatic rings. The van der Waals surface area contributed by atoms with Crippen LogP contribution in [0.3, 0.4) is 0 Å². The zero-order valence-electron chi connectivity index (χ0n) is 25.8. The minimum absolute atomic E-state index is 0.0375. The summed E-state index contributed by atoms with van der Waals surface area (Å²) in [6, 6.07) is 20.0. The lowest BCUT2D eigenvalue weighted by Gasteiger charge is -2.34. The summed E-state index contributed by atoms with van der Waals surface area (Å²) in [5.74, 6) is -0.435. The van der Waals surface area contributed by atoms with Crippen molar-refractivity contribution in [2.75, 3.05) is 26.3 Å². The lowest BCUT2D eigenvalue weighted by molar-refractivity contribution is -0.149. The second-order valence-corrected chi connectivity index (χ2v) is 11.1. The molecule has 5 rings (SSSR count). The van der Waals surface area contributed by atoms with Gasteiger partial charge in [-0.3, -0.25) is 14.4 Å². The van der Waals surface area contributed by atoms with E-state index < -0.39 is 11.9 Å². The van der Waals surface area contributed by atoms with Gasteiger partial charge < -0.3 is 28.4 Å². The Hall–Kier alpha value is -4.86. The second kappa shape index (κ2) is 14.3. The minimum atomic E-state index is -0.535. The summed E-state index contributed by atoms with van der Waals surface area (Å²) in [5.41, 5.74) is 1.60. The fraction of sp³-hybridized carbons (Fsp3) is 0.371.